The van der Waals surface area contributed by atoms with E-state index in [1.807, 2.05) is 54.1 Å². The monoisotopic (exact) mass is 447 g/mol. The van der Waals surface area contributed by atoms with Gasteiger partial charge in [0.2, 0.25) is 0 Å². The first-order chi connectivity index (χ1) is 15.5. The van der Waals surface area contributed by atoms with Crippen LogP contribution in [0.15, 0.2) is 72.4 Å². The van der Waals surface area contributed by atoms with Crippen LogP contribution >= 0.6 is 12.2 Å². The Hall–Kier alpha value is -3.91. The Morgan fingerprint density at radius 2 is 1.62 bits per heavy atom. The lowest BCUT2D eigenvalue weighted by Gasteiger charge is -2.29. The fourth-order valence-electron chi connectivity index (χ4n) is 3.39. The van der Waals surface area contributed by atoms with Gasteiger partial charge in [0.15, 0.2) is 5.11 Å². The van der Waals surface area contributed by atoms with E-state index in [0.29, 0.717) is 23.7 Å². The molecule has 8 heteroatoms. The average Bonchev–Trinajstić information content (AvgIpc) is 3.26. The van der Waals surface area contributed by atoms with Gasteiger partial charge in [-0.3, -0.25) is 19.8 Å². The normalized spacial score (nSPS) is 15.1. The van der Waals surface area contributed by atoms with E-state index in [2.05, 4.69) is 5.32 Å². The van der Waals surface area contributed by atoms with Crippen molar-refractivity contribution in [1.82, 2.24) is 9.88 Å². The van der Waals surface area contributed by atoms with Crippen molar-refractivity contribution in [3.05, 3.63) is 78.1 Å². The molecule has 0 spiro atoms. The maximum Gasteiger partial charge on any atom is 0.270 e. The third-order valence-electron chi connectivity index (χ3n) is 4.93. The number of aromatic nitrogens is 1. The summed E-state index contributed by atoms with van der Waals surface area (Å²) in [4.78, 5) is 27.2. The summed E-state index contributed by atoms with van der Waals surface area (Å²) in [5, 5.41) is 2.64. The number of benzene rings is 2. The summed E-state index contributed by atoms with van der Waals surface area (Å²) in [7, 11) is 1.61. The molecule has 3 aromatic rings. The number of thiocarbonyl (C=S) groups is 1. The van der Waals surface area contributed by atoms with Gasteiger partial charge in [0.1, 0.15) is 17.1 Å². The SMILES string of the molecule is CCOc1ccc(N2C(=O)/C(=C/c3cccn3-c3ccc(OC)cc3)C(=O)NC2=S)cc1. The summed E-state index contributed by atoms with van der Waals surface area (Å²) < 4.78 is 12.5. The molecule has 1 aliphatic rings. The Morgan fingerprint density at radius 3 is 2.28 bits per heavy atom. The van der Waals surface area contributed by atoms with Crippen LogP contribution in [0.4, 0.5) is 5.69 Å². The third kappa shape index (κ3) is 4.13. The quantitative estimate of drug-likeness (QED) is 0.354. The predicted molar refractivity (Wildman–Crippen MR) is 126 cm³/mol. The van der Waals surface area contributed by atoms with E-state index in [1.165, 1.54) is 4.90 Å². The number of ether oxygens (including phenoxy) is 2. The maximum absolute atomic E-state index is 13.3. The molecule has 1 saturated heterocycles. The van der Waals surface area contributed by atoms with Gasteiger partial charge >= 0.3 is 0 Å². The lowest BCUT2D eigenvalue weighted by Crippen LogP contribution is -2.54. The van der Waals surface area contributed by atoms with Crippen LogP contribution in [0.3, 0.4) is 0 Å². The number of carbonyl (C=O) groups is 2. The summed E-state index contributed by atoms with van der Waals surface area (Å²) >= 11 is 5.27. The van der Waals surface area contributed by atoms with E-state index in [9.17, 15) is 9.59 Å². The van der Waals surface area contributed by atoms with E-state index < -0.39 is 11.8 Å². The van der Waals surface area contributed by atoms with Crippen LogP contribution in [0.2, 0.25) is 0 Å². The highest BCUT2D eigenvalue weighted by atomic mass is 32.1. The number of anilines is 1. The van der Waals surface area contributed by atoms with Gasteiger partial charge in [-0.2, -0.15) is 0 Å². The highest BCUT2D eigenvalue weighted by Gasteiger charge is 2.34. The van der Waals surface area contributed by atoms with Gasteiger partial charge < -0.3 is 14.0 Å². The van der Waals surface area contributed by atoms with Crippen LogP contribution < -0.4 is 19.7 Å². The summed E-state index contributed by atoms with van der Waals surface area (Å²) in [5.41, 5.74) is 2.07. The molecule has 32 heavy (non-hydrogen) atoms. The molecule has 1 N–H and O–H groups in total. The number of carbonyl (C=O) groups excluding carboxylic acids is 2. The molecule has 2 aromatic carbocycles. The lowest BCUT2D eigenvalue weighted by molar-refractivity contribution is -0.122. The van der Waals surface area contributed by atoms with Gasteiger partial charge in [-0.25, -0.2) is 0 Å². The molecule has 1 fully saturated rings. The molecule has 1 aliphatic heterocycles. The molecule has 0 unspecified atom stereocenters. The van der Waals surface area contributed by atoms with Crippen molar-refractivity contribution in [2.45, 2.75) is 6.92 Å². The summed E-state index contributed by atoms with van der Waals surface area (Å²) in [6.45, 7) is 2.43. The second kappa shape index (κ2) is 9.07. The molecule has 0 aliphatic carbocycles. The molecule has 0 atom stereocenters. The van der Waals surface area contributed by atoms with Gasteiger partial charge in [-0.15, -0.1) is 0 Å². The number of nitrogens with one attached hydrogen (secondary N) is 1. The first-order valence-corrected chi connectivity index (χ1v) is 10.4. The van der Waals surface area contributed by atoms with Crippen molar-refractivity contribution in [3.63, 3.8) is 0 Å². The number of rotatable bonds is 6. The fourth-order valence-corrected chi connectivity index (χ4v) is 3.67. The topological polar surface area (TPSA) is 72.8 Å². The Morgan fingerprint density at radius 1 is 0.969 bits per heavy atom. The zero-order valence-electron chi connectivity index (χ0n) is 17.6. The minimum absolute atomic E-state index is 0.0130. The summed E-state index contributed by atoms with van der Waals surface area (Å²) in [6.07, 6.45) is 3.42. The standard InChI is InChI=1S/C24H21N3O4S/c1-3-31-20-12-8-17(9-13-20)27-23(29)21(22(28)25-24(27)32)15-18-5-4-14-26(18)16-6-10-19(30-2)11-7-16/h4-15H,3H2,1-2H3,(H,25,28,32)/b21-15+. The van der Waals surface area contributed by atoms with Gasteiger partial charge in [-0.05, 0) is 85.9 Å². The Kier molecular flexibility index (Phi) is 6.04. The van der Waals surface area contributed by atoms with E-state index in [1.54, 1.807) is 37.5 Å². The second-order valence-corrected chi connectivity index (χ2v) is 7.27. The largest absolute Gasteiger partial charge is 0.497 e. The van der Waals surface area contributed by atoms with E-state index in [0.717, 1.165) is 11.4 Å². The number of nitrogens with zero attached hydrogens (tertiary/aromatic N) is 2. The van der Waals surface area contributed by atoms with Crippen molar-refractivity contribution in [2.24, 2.45) is 0 Å². The van der Waals surface area contributed by atoms with E-state index in [-0.39, 0.29) is 10.7 Å². The van der Waals surface area contributed by atoms with Crippen LogP contribution in [0.25, 0.3) is 11.8 Å². The van der Waals surface area contributed by atoms with E-state index >= 15 is 0 Å². The zero-order chi connectivity index (χ0) is 22.7. The lowest BCUT2D eigenvalue weighted by atomic mass is 10.1. The highest BCUT2D eigenvalue weighted by Crippen LogP contribution is 2.25. The average molecular weight is 448 g/mol. The van der Waals surface area contributed by atoms with Crippen LogP contribution in [-0.2, 0) is 9.59 Å². The molecule has 7 nitrogen and oxygen atoms in total. The molecule has 2 amide bonds. The maximum atomic E-state index is 13.3. The van der Waals surface area contributed by atoms with Crippen LogP contribution in [0.5, 0.6) is 11.5 Å². The van der Waals surface area contributed by atoms with Crippen molar-refractivity contribution in [3.8, 4) is 17.2 Å². The Bertz CT molecular complexity index is 1200. The van der Waals surface area contributed by atoms with Crippen molar-refractivity contribution < 1.29 is 19.1 Å². The van der Waals surface area contributed by atoms with Gasteiger partial charge in [0.25, 0.3) is 11.8 Å². The molecule has 1 aromatic heterocycles. The molecule has 0 bridgehead atoms. The summed E-state index contributed by atoms with van der Waals surface area (Å²) in [6, 6.07) is 18.1. The first kappa shape index (κ1) is 21.3. The van der Waals surface area contributed by atoms with Crippen molar-refractivity contribution >= 4 is 40.9 Å². The molecular weight excluding hydrogens is 426 g/mol. The molecule has 162 valence electrons. The number of methoxy groups -OCH3 is 1. The number of amides is 2. The van der Waals surface area contributed by atoms with Crippen molar-refractivity contribution in [2.75, 3.05) is 18.6 Å². The van der Waals surface area contributed by atoms with Crippen LogP contribution in [0.1, 0.15) is 12.6 Å². The molecular formula is C24H21N3O4S. The summed E-state index contributed by atoms with van der Waals surface area (Å²) in [5.74, 6) is 0.390. The van der Waals surface area contributed by atoms with E-state index in [4.69, 9.17) is 21.7 Å². The molecule has 4 rings (SSSR count). The van der Waals surface area contributed by atoms with Crippen LogP contribution in [0, 0.1) is 0 Å². The zero-order valence-corrected chi connectivity index (χ0v) is 18.4. The number of hydrogen-bond donors (Lipinski definition) is 1. The van der Waals surface area contributed by atoms with Crippen molar-refractivity contribution in [1.29, 1.82) is 0 Å². The number of hydrogen-bond acceptors (Lipinski definition) is 5. The van der Waals surface area contributed by atoms with Gasteiger partial charge in [-0.1, -0.05) is 0 Å². The first-order valence-electron chi connectivity index (χ1n) is 9.98. The smallest absolute Gasteiger partial charge is 0.270 e. The Balaban J connectivity index is 1.67. The minimum Gasteiger partial charge on any atom is -0.497 e. The third-order valence-corrected chi connectivity index (χ3v) is 5.22. The molecule has 0 radical (unpaired) electrons. The Labute approximate surface area is 190 Å². The van der Waals surface area contributed by atoms with Gasteiger partial charge in [0, 0.05) is 17.6 Å². The van der Waals surface area contributed by atoms with Crippen LogP contribution in [-0.4, -0.2) is 35.2 Å². The predicted octanol–water partition coefficient (Wildman–Crippen LogP) is 3.72. The molecule has 0 saturated carbocycles. The fraction of sp³-hybridized carbons (Fsp3) is 0.125. The minimum atomic E-state index is -0.537. The van der Waals surface area contributed by atoms with Gasteiger partial charge in [0.05, 0.1) is 19.4 Å². The second-order valence-electron chi connectivity index (χ2n) is 6.89. The highest BCUT2D eigenvalue weighted by molar-refractivity contribution is 7.80. The molecule has 2 heterocycles.